The highest BCUT2D eigenvalue weighted by molar-refractivity contribution is 7.18. The molecule has 178 valence electrons. The second-order valence-electron chi connectivity index (χ2n) is 8.98. The van der Waals surface area contributed by atoms with Crippen LogP contribution >= 0.6 is 22.9 Å². The molecule has 0 fully saturated rings. The molecule has 0 bridgehead atoms. The Morgan fingerprint density at radius 1 is 1.27 bits per heavy atom. The highest BCUT2D eigenvalue weighted by Gasteiger charge is 2.24. The third-order valence-corrected chi connectivity index (χ3v) is 5.83. The van der Waals surface area contributed by atoms with E-state index < -0.39 is 5.60 Å². The van der Waals surface area contributed by atoms with Crippen molar-refractivity contribution in [3.63, 3.8) is 0 Å². The van der Waals surface area contributed by atoms with Gasteiger partial charge >= 0.3 is 6.09 Å². The summed E-state index contributed by atoms with van der Waals surface area (Å²) in [4.78, 5) is 18.5. The highest BCUT2D eigenvalue weighted by Crippen LogP contribution is 2.34. The number of nitrogens with zero attached hydrogens (tertiary/aromatic N) is 4. The van der Waals surface area contributed by atoms with Gasteiger partial charge in [-0.05, 0) is 64.8 Å². The molecule has 2 aromatic rings. The van der Waals surface area contributed by atoms with Crippen molar-refractivity contribution in [3.05, 3.63) is 34.5 Å². The second kappa shape index (κ2) is 10.5. The number of nitrogens with two attached hydrogens (primary N) is 1. The van der Waals surface area contributed by atoms with Crippen molar-refractivity contribution < 1.29 is 14.3 Å². The molecule has 0 atom stereocenters. The van der Waals surface area contributed by atoms with Gasteiger partial charge in [0.15, 0.2) is 0 Å². The third kappa shape index (κ3) is 7.17. The van der Waals surface area contributed by atoms with Gasteiger partial charge in [0.05, 0.1) is 11.1 Å². The monoisotopic (exact) mass is 491 g/mol. The minimum absolute atomic E-state index is 0.0396. The van der Waals surface area contributed by atoms with Gasteiger partial charge < -0.3 is 20.1 Å². The topological polar surface area (TPSA) is 103 Å². The number of ether oxygens (including phenoxy) is 2. The van der Waals surface area contributed by atoms with Crippen LogP contribution < -0.4 is 10.5 Å². The molecule has 8 nitrogen and oxygen atoms in total. The molecule has 0 spiro atoms. The number of aromatic nitrogens is 2. The average molecular weight is 492 g/mol. The summed E-state index contributed by atoms with van der Waals surface area (Å²) in [5, 5.41) is 10.1. The van der Waals surface area contributed by atoms with Crippen LogP contribution in [0, 0.1) is 0 Å². The van der Waals surface area contributed by atoms with E-state index in [1.54, 1.807) is 11.1 Å². The minimum Gasteiger partial charge on any atom is -0.489 e. The lowest BCUT2D eigenvalue weighted by Gasteiger charge is -2.26. The Balaban J connectivity index is 1.66. The Morgan fingerprint density at radius 2 is 2.00 bits per heavy atom. The molecule has 1 aliphatic rings. The smallest absolute Gasteiger partial charge is 0.410 e. The van der Waals surface area contributed by atoms with E-state index in [4.69, 9.17) is 26.8 Å². The Morgan fingerprint density at radius 3 is 2.67 bits per heavy atom. The van der Waals surface area contributed by atoms with Gasteiger partial charge in [0.1, 0.15) is 16.4 Å². The van der Waals surface area contributed by atoms with Crippen LogP contribution in [0.1, 0.15) is 47.5 Å². The lowest BCUT2D eigenvalue weighted by Crippen LogP contribution is -2.37. The number of carbonyl (C=O) groups is 1. The molecule has 1 aromatic carbocycles. The standard InChI is InChI=1S/C23H30ClN5O3S/c1-14(2)31-19-7-6-15(12-17(19)24)20-27-28-21(33-20)26-13-16-8-10-29(11-9-18(16)25)22(30)32-23(3,4)5/h6-7,12-14H,8-11,25H2,1-5H3. The maximum absolute atomic E-state index is 12.4. The van der Waals surface area contributed by atoms with Crippen LogP contribution in [0.15, 0.2) is 34.5 Å². The number of carbonyl (C=O) groups excluding carboxylic acids is 1. The van der Waals surface area contributed by atoms with Crippen molar-refractivity contribution in [2.75, 3.05) is 13.1 Å². The van der Waals surface area contributed by atoms with E-state index in [1.807, 2.05) is 52.8 Å². The van der Waals surface area contributed by atoms with E-state index in [0.29, 0.717) is 52.5 Å². The van der Waals surface area contributed by atoms with E-state index in [2.05, 4.69) is 15.2 Å². The van der Waals surface area contributed by atoms with Gasteiger partial charge in [0.25, 0.3) is 0 Å². The first kappa shape index (κ1) is 25.0. The maximum atomic E-state index is 12.4. The summed E-state index contributed by atoms with van der Waals surface area (Å²) in [6, 6.07) is 5.54. The normalized spacial score (nSPS) is 15.3. The first-order valence-corrected chi connectivity index (χ1v) is 12.0. The van der Waals surface area contributed by atoms with E-state index in [0.717, 1.165) is 11.1 Å². The fraction of sp³-hybridized carbons (Fsp3) is 0.478. The molecule has 1 aromatic heterocycles. The summed E-state index contributed by atoms with van der Waals surface area (Å²) in [5.74, 6) is 0.634. The van der Waals surface area contributed by atoms with Crippen LogP contribution in [0.3, 0.4) is 0 Å². The largest absolute Gasteiger partial charge is 0.489 e. The average Bonchev–Trinajstić information content (AvgIpc) is 3.10. The number of rotatable bonds is 5. The lowest BCUT2D eigenvalue weighted by atomic mass is 10.1. The van der Waals surface area contributed by atoms with Gasteiger partial charge in [-0.1, -0.05) is 22.9 Å². The molecule has 0 saturated carbocycles. The first-order valence-electron chi connectivity index (χ1n) is 10.8. The van der Waals surface area contributed by atoms with Crippen LogP contribution in [-0.2, 0) is 4.74 Å². The van der Waals surface area contributed by atoms with Gasteiger partial charge in [0, 0.05) is 37.0 Å². The van der Waals surface area contributed by atoms with E-state index in [1.165, 1.54) is 11.3 Å². The molecule has 1 aliphatic heterocycles. The van der Waals surface area contributed by atoms with Crippen LogP contribution in [0.25, 0.3) is 10.6 Å². The number of hydrogen-bond acceptors (Lipinski definition) is 8. The SMILES string of the molecule is CC(C)Oc1ccc(-c2nnc(N=CC3=C(N)CCN(C(=O)OC(C)(C)C)CC3)s2)cc1Cl. The highest BCUT2D eigenvalue weighted by atomic mass is 35.5. The van der Waals surface area contributed by atoms with Crippen molar-refractivity contribution in [3.8, 4) is 16.3 Å². The summed E-state index contributed by atoms with van der Waals surface area (Å²) in [7, 11) is 0. The summed E-state index contributed by atoms with van der Waals surface area (Å²) in [6.45, 7) is 10.5. The second-order valence-corrected chi connectivity index (χ2v) is 10.3. The zero-order chi connectivity index (χ0) is 24.2. The van der Waals surface area contributed by atoms with Crippen molar-refractivity contribution in [1.82, 2.24) is 15.1 Å². The first-order chi connectivity index (χ1) is 15.5. The summed E-state index contributed by atoms with van der Waals surface area (Å²) >= 11 is 7.69. The molecule has 33 heavy (non-hydrogen) atoms. The van der Waals surface area contributed by atoms with Gasteiger partial charge in [-0.15, -0.1) is 10.2 Å². The minimum atomic E-state index is -0.534. The van der Waals surface area contributed by atoms with Crippen LogP contribution in [0.2, 0.25) is 5.02 Å². The van der Waals surface area contributed by atoms with E-state index in [9.17, 15) is 4.79 Å². The van der Waals surface area contributed by atoms with Crippen LogP contribution in [-0.4, -0.2) is 52.2 Å². The molecule has 3 rings (SSSR count). The molecule has 0 aliphatic carbocycles. The van der Waals surface area contributed by atoms with Crippen molar-refractivity contribution in [1.29, 1.82) is 0 Å². The number of halogens is 1. The van der Waals surface area contributed by atoms with Crippen molar-refractivity contribution >= 4 is 40.4 Å². The zero-order valence-corrected chi connectivity index (χ0v) is 21.2. The van der Waals surface area contributed by atoms with Gasteiger partial charge in [-0.2, -0.15) is 0 Å². The Labute approximate surface area is 203 Å². The summed E-state index contributed by atoms with van der Waals surface area (Å²) in [5.41, 5.74) is 8.15. The third-order valence-electron chi connectivity index (χ3n) is 4.65. The molecule has 10 heteroatoms. The number of benzene rings is 1. The quantitative estimate of drug-likeness (QED) is 0.546. The van der Waals surface area contributed by atoms with E-state index >= 15 is 0 Å². The molecule has 2 N–H and O–H groups in total. The number of amides is 1. The summed E-state index contributed by atoms with van der Waals surface area (Å²) < 4.78 is 11.1. The predicted molar refractivity (Wildman–Crippen MR) is 133 cm³/mol. The Hall–Kier alpha value is -2.65. The van der Waals surface area contributed by atoms with Gasteiger partial charge in [-0.3, -0.25) is 0 Å². The molecular formula is C23H30ClN5O3S. The lowest BCUT2D eigenvalue weighted by molar-refractivity contribution is 0.0258. The van der Waals surface area contributed by atoms with Crippen molar-refractivity contribution in [2.45, 2.75) is 59.2 Å². The van der Waals surface area contributed by atoms with Crippen LogP contribution in [0.5, 0.6) is 5.75 Å². The van der Waals surface area contributed by atoms with Gasteiger partial charge in [-0.25, -0.2) is 9.79 Å². The van der Waals surface area contributed by atoms with Crippen LogP contribution in [0.4, 0.5) is 9.93 Å². The maximum Gasteiger partial charge on any atom is 0.410 e. The molecule has 0 radical (unpaired) electrons. The zero-order valence-electron chi connectivity index (χ0n) is 19.6. The molecule has 1 amide bonds. The molecule has 2 heterocycles. The summed E-state index contributed by atoms with van der Waals surface area (Å²) in [6.07, 6.45) is 2.58. The van der Waals surface area contributed by atoms with E-state index in [-0.39, 0.29) is 12.2 Å². The Kier molecular flexibility index (Phi) is 7.97. The Bertz CT molecular complexity index is 1060. The fourth-order valence-corrected chi connectivity index (χ4v) is 4.01. The fourth-order valence-electron chi connectivity index (χ4n) is 3.10. The molecular weight excluding hydrogens is 462 g/mol. The molecule has 0 unspecified atom stereocenters. The van der Waals surface area contributed by atoms with Crippen molar-refractivity contribution in [2.24, 2.45) is 10.7 Å². The number of aliphatic imine (C=N–C) groups is 1. The molecule has 0 saturated heterocycles. The van der Waals surface area contributed by atoms with Gasteiger partial charge in [0.2, 0.25) is 5.13 Å². The predicted octanol–water partition coefficient (Wildman–Crippen LogP) is 5.59. The number of hydrogen-bond donors (Lipinski definition) is 1.